The molecular weight excluding hydrogens is 168 g/mol. The summed E-state index contributed by atoms with van der Waals surface area (Å²) >= 11 is 0. The Morgan fingerprint density at radius 3 is 2.08 bits per heavy atom. The smallest absolute Gasteiger partial charge is 0.323 e. The molecule has 4 heteroatoms. The molecule has 1 spiro atoms. The number of carbonyl (C=O) groups is 2. The first-order valence-electron chi connectivity index (χ1n) is 4.54. The zero-order valence-corrected chi connectivity index (χ0v) is 8.18. The zero-order valence-electron chi connectivity index (χ0n) is 8.18. The number of nitrogens with zero attached hydrogens (tertiary/aromatic N) is 1. The van der Waals surface area contributed by atoms with E-state index in [9.17, 15) is 9.59 Å². The van der Waals surface area contributed by atoms with E-state index in [2.05, 4.69) is 5.32 Å². The Labute approximate surface area is 77.3 Å². The van der Waals surface area contributed by atoms with Crippen molar-refractivity contribution in [3.05, 3.63) is 0 Å². The molecule has 2 fully saturated rings. The first kappa shape index (κ1) is 8.53. The van der Waals surface area contributed by atoms with Gasteiger partial charge in [-0.1, -0.05) is 0 Å². The summed E-state index contributed by atoms with van der Waals surface area (Å²) < 4.78 is 0. The Kier molecular flexibility index (Phi) is 1.35. The third-order valence-corrected chi connectivity index (χ3v) is 2.58. The average Bonchev–Trinajstić information content (AvgIpc) is 2.60. The lowest BCUT2D eigenvalue weighted by Crippen LogP contribution is -2.46. The van der Waals surface area contributed by atoms with Gasteiger partial charge >= 0.3 is 6.03 Å². The number of imide groups is 1. The number of urea groups is 1. The molecule has 2 aliphatic rings. The van der Waals surface area contributed by atoms with Gasteiger partial charge in [-0.15, -0.1) is 0 Å². The van der Waals surface area contributed by atoms with Crippen LogP contribution in [0.5, 0.6) is 0 Å². The van der Waals surface area contributed by atoms with Crippen LogP contribution in [0.2, 0.25) is 0 Å². The first-order chi connectivity index (χ1) is 5.87. The van der Waals surface area contributed by atoms with Crippen LogP contribution in [0.1, 0.15) is 33.6 Å². The number of hydrogen-bond acceptors (Lipinski definition) is 2. The number of rotatable bonds is 0. The summed E-state index contributed by atoms with van der Waals surface area (Å²) in [5.41, 5.74) is -0.919. The molecule has 1 saturated heterocycles. The second-order valence-electron chi connectivity index (χ2n) is 4.82. The van der Waals surface area contributed by atoms with Gasteiger partial charge in [0.25, 0.3) is 5.91 Å². The van der Waals surface area contributed by atoms with Gasteiger partial charge in [-0.3, -0.25) is 9.69 Å². The minimum Gasteiger partial charge on any atom is -0.323 e. The fourth-order valence-electron chi connectivity index (χ4n) is 1.69. The van der Waals surface area contributed by atoms with Crippen molar-refractivity contribution in [2.75, 3.05) is 0 Å². The van der Waals surface area contributed by atoms with Crippen molar-refractivity contribution in [3.63, 3.8) is 0 Å². The topological polar surface area (TPSA) is 49.4 Å². The van der Waals surface area contributed by atoms with Crippen molar-refractivity contribution < 1.29 is 9.59 Å². The van der Waals surface area contributed by atoms with E-state index in [1.54, 1.807) is 0 Å². The maximum atomic E-state index is 11.8. The van der Waals surface area contributed by atoms with Crippen molar-refractivity contribution in [2.24, 2.45) is 0 Å². The third kappa shape index (κ3) is 1.04. The Morgan fingerprint density at radius 1 is 1.31 bits per heavy atom. The molecule has 0 bridgehead atoms. The maximum Gasteiger partial charge on any atom is 0.325 e. The second kappa shape index (κ2) is 2.05. The Hall–Kier alpha value is -1.06. The lowest BCUT2D eigenvalue weighted by atomic mass is 10.1. The molecule has 1 aliphatic carbocycles. The number of carbonyl (C=O) groups excluding carboxylic acids is 2. The predicted octanol–water partition coefficient (Wildman–Crippen LogP) is 0.869. The molecule has 0 aromatic rings. The fourth-order valence-corrected chi connectivity index (χ4v) is 1.69. The summed E-state index contributed by atoms with van der Waals surface area (Å²) in [6.07, 6.45) is 1.59. The highest BCUT2D eigenvalue weighted by Gasteiger charge is 2.61. The molecule has 1 N–H and O–H groups in total. The molecule has 0 unspecified atom stereocenters. The van der Waals surface area contributed by atoms with Crippen LogP contribution < -0.4 is 5.32 Å². The molecule has 4 nitrogen and oxygen atoms in total. The van der Waals surface area contributed by atoms with E-state index in [0.717, 1.165) is 12.8 Å². The molecule has 1 aliphatic heterocycles. The van der Waals surface area contributed by atoms with Crippen LogP contribution in [0.15, 0.2) is 0 Å². The molecule has 1 saturated carbocycles. The van der Waals surface area contributed by atoms with Gasteiger partial charge in [0.15, 0.2) is 0 Å². The van der Waals surface area contributed by atoms with Gasteiger partial charge in [-0.2, -0.15) is 0 Å². The number of amides is 3. The predicted molar refractivity (Wildman–Crippen MR) is 47.1 cm³/mol. The molecule has 1 heterocycles. The summed E-state index contributed by atoms with van der Waals surface area (Å²) in [5, 5.41) is 2.75. The van der Waals surface area contributed by atoms with Gasteiger partial charge in [0.05, 0.1) is 0 Å². The SMILES string of the molecule is CC(C)(C)N1C(=O)NC2(CC2)C1=O. The van der Waals surface area contributed by atoms with E-state index < -0.39 is 11.1 Å². The Balaban J connectivity index is 2.31. The molecule has 0 aromatic heterocycles. The monoisotopic (exact) mass is 182 g/mol. The molecule has 13 heavy (non-hydrogen) atoms. The Bertz CT molecular complexity index is 286. The van der Waals surface area contributed by atoms with Gasteiger partial charge in [0.2, 0.25) is 0 Å². The lowest BCUT2D eigenvalue weighted by Gasteiger charge is -2.28. The van der Waals surface area contributed by atoms with Gasteiger partial charge < -0.3 is 5.32 Å². The van der Waals surface area contributed by atoms with Crippen LogP contribution >= 0.6 is 0 Å². The van der Waals surface area contributed by atoms with Crippen LogP contribution in [0.4, 0.5) is 4.79 Å². The molecule has 0 radical (unpaired) electrons. The molecule has 72 valence electrons. The minimum absolute atomic E-state index is 0.0509. The number of hydrogen-bond donors (Lipinski definition) is 1. The summed E-state index contributed by atoms with van der Waals surface area (Å²) in [5.74, 6) is -0.0509. The lowest BCUT2D eigenvalue weighted by molar-refractivity contribution is -0.131. The van der Waals surface area contributed by atoms with Crippen molar-refractivity contribution in [3.8, 4) is 0 Å². The fraction of sp³-hybridized carbons (Fsp3) is 0.778. The van der Waals surface area contributed by atoms with E-state index in [1.165, 1.54) is 4.90 Å². The van der Waals surface area contributed by atoms with E-state index in [4.69, 9.17) is 0 Å². The van der Waals surface area contributed by atoms with Crippen molar-refractivity contribution in [2.45, 2.75) is 44.7 Å². The normalized spacial score (nSPS) is 25.3. The Morgan fingerprint density at radius 2 is 1.85 bits per heavy atom. The molecule has 0 atom stereocenters. The summed E-state index contributed by atoms with van der Waals surface area (Å²) in [6.45, 7) is 5.60. The molecule has 3 amide bonds. The quantitative estimate of drug-likeness (QED) is 0.565. The molecule has 2 rings (SSSR count). The van der Waals surface area contributed by atoms with Gasteiger partial charge in [-0.05, 0) is 33.6 Å². The average molecular weight is 182 g/mol. The van der Waals surface area contributed by atoms with Gasteiger partial charge in [0, 0.05) is 5.54 Å². The largest absolute Gasteiger partial charge is 0.325 e. The van der Waals surface area contributed by atoms with Crippen LogP contribution in [0.3, 0.4) is 0 Å². The third-order valence-electron chi connectivity index (χ3n) is 2.58. The van der Waals surface area contributed by atoms with E-state index in [0.29, 0.717) is 0 Å². The highest BCUT2D eigenvalue weighted by molar-refractivity contribution is 6.09. The maximum absolute atomic E-state index is 11.8. The zero-order chi connectivity index (χ0) is 9.85. The highest BCUT2D eigenvalue weighted by Crippen LogP contribution is 2.42. The van der Waals surface area contributed by atoms with E-state index >= 15 is 0 Å². The van der Waals surface area contributed by atoms with Crippen LogP contribution in [0, 0.1) is 0 Å². The molecular formula is C9H14N2O2. The van der Waals surface area contributed by atoms with Crippen molar-refractivity contribution in [1.82, 2.24) is 10.2 Å². The molecule has 0 aromatic carbocycles. The second-order valence-corrected chi connectivity index (χ2v) is 4.82. The minimum atomic E-state index is -0.510. The first-order valence-corrected chi connectivity index (χ1v) is 4.54. The standard InChI is InChI=1S/C9H14N2O2/c1-8(2,3)11-6(12)9(4-5-9)10-7(11)13/h4-5H2,1-3H3,(H,10,13). The summed E-state index contributed by atoms with van der Waals surface area (Å²) in [6, 6.07) is -0.241. The van der Waals surface area contributed by atoms with Crippen molar-refractivity contribution >= 4 is 11.9 Å². The van der Waals surface area contributed by atoms with Gasteiger partial charge in [-0.25, -0.2) is 4.79 Å². The van der Waals surface area contributed by atoms with Crippen molar-refractivity contribution in [1.29, 1.82) is 0 Å². The highest BCUT2D eigenvalue weighted by atomic mass is 16.2. The van der Waals surface area contributed by atoms with E-state index in [-0.39, 0.29) is 11.9 Å². The van der Waals surface area contributed by atoms with E-state index in [1.807, 2.05) is 20.8 Å². The van der Waals surface area contributed by atoms with Crippen LogP contribution in [0.25, 0.3) is 0 Å². The summed E-state index contributed by atoms with van der Waals surface area (Å²) in [7, 11) is 0. The van der Waals surface area contributed by atoms with Crippen LogP contribution in [-0.2, 0) is 4.79 Å². The van der Waals surface area contributed by atoms with Crippen LogP contribution in [-0.4, -0.2) is 27.9 Å². The summed E-state index contributed by atoms with van der Waals surface area (Å²) in [4.78, 5) is 24.6. The number of nitrogens with one attached hydrogen (secondary N) is 1. The van der Waals surface area contributed by atoms with Gasteiger partial charge in [0.1, 0.15) is 5.54 Å².